The fraction of sp³-hybridized carbons (Fsp3) is 0.294. The van der Waals surface area contributed by atoms with E-state index in [0.29, 0.717) is 0 Å². The molecule has 0 saturated heterocycles. The van der Waals surface area contributed by atoms with E-state index in [4.69, 9.17) is 11.6 Å². The molecule has 0 fully saturated rings. The zero-order chi connectivity index (χ0) is 13.8. The first-order valence-corrected chi connectivity index (χ1v) is 7.06. The second-order valence-corrected chi connectivity index (χ2v) is 5.21. The summed E-state index contributed by atoms with van der Waals surface area (Å²) in [5, 5.41) is 4.35. The van der Waals surface area contributed by atoms with Gasteiger partial charge in [0.15, 0.2) is 0 Å². The molecule has 0 aliphatic carbocycles. The Balaban J connectivity index is 2.52. The van der Waals surface area contributed by atoms with Crippen LogP contribution in [0.15, 0.2) is 42.5 Å². The summed E-state index contributed by atoms with van der Waals surface area (Å²) < 4.78 is 0. The molecule has 1 atom stereocenters. The summed E-state index contributed by atoms with van der Waals surface area (Å²) in [6.07, 6.45) is 0. The molecular formula is C17H20ClN. The smallest absolute Gasteiger partial charge is 0.0594 e. The van der Waals surface area contributed by atoms with E-state index in [0.717, 1.165) is 17.1 Å². The molecule has 2 aromatic carbocycles. The van der Waals surface area contributed by atoms with Crippen LogP contribution in [0, 0.1) is 13.8 Å². The van der Waals surface area contributed by atoms with Crippen molar-refractivity contribution in [2.24, 2.45) is 0 Å². The summed E-state index contributed by atoms with van der Waals surface area (Å²) in [6, 6.07) is 14.6. The first kappa shape index (κ1) is 14.1. The molecule has 0 radical (unpaired) electrons. The van der Waals surface area contributed by atoms with Crippen LogP contribution in [0.5, 0.6) is 0 Å². The van der Waals surface area contributed by atoms with Gasteiger partial charge < -0.3 is 5.32 Å². The average Bonchev–Trinajstić information content (AvgIpc) is 2.41. The summed E-state index contributed by atoms with van der Waals surface area (Å²) in [7, 11) is 0. The van der Waals surface area contributed by atoms with Crippen LogP contribution in [0.3, 0.4) is 0 Å². The third-order valence-corrected chi connectivity index (χ3v) is 3.93. The molecule has 19 heavy (non-hydrogen) atoms. The van der Waals surface area contributed by atoms with Crippen LogP contribution in [0.2, 0.25) is 5.02 Å². The van der Waals surface area contributed by atoms with Crippen molar-refractivity contribution >= 4 is 11.6 Å². The maximum absolute atomic E-state index is 6.36. The minimum absolute atomic E-state index is 0.151. The van der Waals surface area contributed by atoms with Crippen molar-refractivity contribution in [1.82, 2.24) is 5.32 Å². The van der Waals surface area contributed by atoms with E-state index in [1.807, 2.05) is 18.2 Å². The van der Waals surface area contributed by atoms with Crippen molar-refractivity contribution < 1.29 is 0 Å². The first-order valence-electron chi connectivity index (χ1n) is 6.69. The van der Waals surface area contributed by atoms with Gasteiger partial charge in [-0.05, 0) is 48.7 Å². The number of aryl methyl sites for hydroxylation is 1. The SMILES string of the molecule is CCNC(c1ccccc1Cl)c1cccc(C)c1C. The molecule has 2 heteroatoms. The van der Waals surface area contributed by atoms with Gasteiger partial charge in [-0.2, -0.15) is 0 Å². The molecule has 0 heterocycles. The predicted octanol–water partition coefficient (Wildman–Crippen LogP) is 4.66. The first-order chi connectivity index (χ1) is 9.15. The second kappa shape index (κ2) is 6.23. The lowest BCUT2D eigenvalue weighted by Gasteiger charge is -2.22. The Morgan fingerprint density at radius 2 is 1.68 bits per heavy atom. The van der Waals surface area contributed by atoms with Crippen molar-refractivity contribution in [3.8, 4) is 0 Å². The molecule has 2 aromatic rings. The fourth-order valence-electron chi connectivity index (χ4n) is 2.39. The predicted molar refractivity (Wildman–Crippen MR) is 82.9 cm³/mol. The number of nitrogens with one attached hydrogen (secondary N) is 1. The molecule has 0 saturated carbocycles. The van der Waals surface area contributed by atoms with E-state index in [9.17, 15) is 0 Å². The van der Waals surface area contributed by atoms with E-state index in [2.05, 4.69) is 50.4 Å². The zero-order valence-electron chi connectivity index (χ0n) is 11.7. The highest BCUT2D eigenvalue weighted by Crippen LogP contribution is 2.30. The van der Waals surface area contributed by atoms with Gasteiger partial charge in [0.05, 0.1) is 6.04 Å². The highest BCUT2D eigenvalue weighted by Gasteiger charge is 2.17. The Kier molecular flexibility index (Phi) is 4.62. The standard InChI is InChI=1S/C17H20ClN/c1-4-19-17(15-9-5-6-11-16(15)18)14-10-7-8-12(2)13(14)3/h5-11,17,19H,4H2,1-3H3. The average molecular weight is 274 g/mol. The summed E-state index contributed by atoms with van der Waals surface area (Å²) in [4.78, 5) is 0. The molecule has 0 bridgehead atoms. The van der Waals surface area contributed by atoms with E-state index < -0.39 is 0 Å². The number of benzene rings is 2. The third-order valence-electron chi connectivity index (χ3n) is 3.58. The number of hydrogen-bond acceptors (Lipinski definition) is 1. The van der Waals surface area contributed by atoms with Gasteiger partial charge in [-0.15, -0.1) is 0 Å². The van der Waals surface area contributed by atoms with Gasteiger partial charge in [-0.25, -0.2) is 0 Å². The molecule has 0 spiro atoms. The van der Waals surface area contributed by atoms with Gasteiger partial charge in [0, 0.05) is 5.02 Å². The molecule has 0 aliphatic rings. The van der Waals surface area contributed by atoms with Crippen LogP contribution >= 0.6 is 11.6 Å². The molecule has 0 aromatic heterocycles. The minimum Gasteiger partial charge on any atom is -0.306 e. The highest BCUT2D eigenvalue weighted by atomic mass is 35.5. The third kappa shape index (κ3) is 2.99. The van der Waals surface area contributed by atoms with E-state index in [1.165, 1.54) is 16.7 Å². The maximum atomic E-state index is 6.36. The summed E-state index contributed by atoms with van der Waals surface area (Å²) in [5.41, 5.74) is 5.08. The van der Waals surface area contributed by atoms with Crippen molar-refractivity contribution in [1.29, 1.82) is 0 Å². The summed E-state index contributed by atoms with van der Waals surface area (Å²) in [6.45, 7) is 7.35. The van der Waals surface area contributed by atoms with Gasteiger partial charge in [0.1, 0.15) is 0 Å². The van der Waals surface area contributed by atoms with Gasteiger partial charge in [-0.3, -0.25) is 0 Å². The number of halogens is 1. The molecule has 1 nitrogen and oxygen atoms in total. The Hall–Kier alpha value is -1.31. The van der Waals surface area contributed by atoms with Crippen molar-refractivity contribution in [2.45, 2.75) is 26.8 Å². The van der Waals surface area contributed by atoms with E-state index in [1.54, 1.807) is 0 Å². The molecule has 2 rings (SSSR count). The molecular weight excluding hydrogens is 254 g/mol. The molecule has 100 valence electrons. The van der Waals surface area contributed by atoms with Crippen molar-refractivity contribution in [3.63, 3.8) is 0 Å². The van der Waals surface area contributed by atoms with Crippen LogP contribution in [0.25, 0.3) is 0 Å². The highest BCUT2D eigenvalue weighted by molar-refractivity contribution is 6.31. The van der Waals surface area contributed by atoms with Crippen molar-refractivity contribution in [2.75, 3.05) is 6.54 Å². The fourth-order valence-corrected chi connectivity index (χ4v) is 2.63. The summed E-state index contributed by atoms with van der Waals surface area (Å²) in [5.74, 6) is 0. The lowest BCUT2D eigenvalue weighted by atomic mass is 9.92. The largest absolute Gasteiger partial charge is 0.306 e. The molecule has 0 aliphatic heterocycles. The van der Waals surface area contributed by atoms with E-state index >= 15 is 0 Å². The van der Waals surface area contributed by atoms with Gasteiger partial charge in [0.2, 0.25) is 0 Å². The summed E-state index contributed by atoms with van der Waals surface area (Å²) >= 11 is 6.36. The monoisotopic (exact) mass is 273 g/mol. The maximum Gasteiger partial charge on any atom is 0.0594 e. The van der Waals surface area contributed by atoms with Crippen LogP contribution in [0.4, 0.5) is 0 Å². The lowest BCUT2D eigenvalue weighted by Crippen LogP contribution is -2.23. The Morgan fingerprint density at radius 3 is 2.37 bits per heavy atom. The second-order valence-electron chi connectivity index (χ2n) is 4.80. The van der Waals surface area contributed by atoms with Gasteiger partial charge in [-0.1, -0.05) is 54.9 Å². The molecule has 0 amide bonds. The van der Waals surface area contributed by atoms with E-state index in [-0.39, 0.29) is 6.04 Å². The van der Waals surface area contributed by atoms with Crippen LogP contribution in [-0.2, 0) is 0 Å². The number of rotatable bonds is 4. The van der Waals surface area contributed by atoms with Crippen LogP contribution in [0.1, 0.15) is 35.2 Å². The molecule has 1 unspecified atom stereocenters. The number of hydrogen-bond donors (Lipinski definition) is 1. The zero-order valence-corrected chi connectivity index (χ0v) is 12.5. The normalized spacial score (nSPS) is 12.4. The van der Waals surface area contributed by atoms with Crippen LogP contribution in [-0.4, -0.2) is 6.54 Å². The molecule has 1 N–H and O–H groups in total. The van der Waals surface area contributed by atoms with Gasteiger partial charge in [0.25, 0.3) is 0 Å². The Bertz CT molecular complexity index is 563. The van der Waals surface area contributed by atoms with Gasteiger partial charge >= 0.3 is 0 Å². The Labute approximate surface area is 120 Å². The van der Waals surface area contributed by atoms with Crippen LogP contribution < -0.4 is 5.32 Å². The Morgan fingerprint density at radius 1 is 1.00 bits per heavy atom. The topological polar surface area (TPSA) is 12.0 Å². The lowest BCUT2D eigenvalue weighted by molar-refractivity contribution is 0.627. The quantitative estimate of drug-likeness (QED) is 0.855. The minimum atomic E-state index is 0.151. The van der Waals surface area contributed by atoms with Crippen molar-refractivity contribution in [3.05, 3.63) is 69.7 Å².